The minimum atomic E-state index is -0.259. The summed E-state index contributed by atoms with van der Waals surface area (Å²) >= 11 is 0. The molecule has 0 aliphatic carbocycles. The molecule has 0 radical (unpaired) electrons. The van der Waals surface area contributed by atoms with Crippen LogP contribution >= 0.6 is 0 Å². The maximum Gasteiger partial charge on any atom is 0.227 e. The van der Waals surface area contributed by atoms with Gasteiger partial charge in [0.25, 0.3) is 0 Å². The number of carbonyl (C=O) groups excluding carboxylic acids is 2. The summed E-state index contributed by atoms with van der Waals surface area (Å²) < 4.78 is 0. The van der Waals surface area contributed by atoms with E-state index in [0.29, 0.717) is 32.5 Å². The molecule has 1 fully saturated rings. The second kappa shape index (κ2) is 9.56. The first-order valence-electron chi connectivity index (χ1n) is 10.7. The summed E-state index contributed by atoms with van der Waals surface area (Å²) in [5.41, 5.74) is 5.56. The van der Waals surface area contributed by atoms with Crippen molar-refractivity contribution in [3.05, 3.63) is 89.7 Å². The largest absolute Gasteiger partial charge is 0.354 e. The van der Waals surface area contributed by atoms with Gasteiger partial charge in [0.05, 0.1) is 12.3 Å². The molecule has 3 aromatic rings. The topological polar surface area (TPSA) is 62.3 Å². The smallest absolute Gasteiger partial charge is 0.227 e. The first kappa shape index (κ1) is 20.8. The van der Waals surface area contributed by atoms with E-state index in [1.165, 1.54) is 11.1 Å². The Morgan fingerprint density at radius 2 is 1.90 bits per heavy atom. The molecule has 2 heterocycles. The molecule has 1 aliphatic heterocycles. The Balaban J connectivity index is 1.43. The molecule has 0 spiro atoms. The summed E-state index contributed by atoms with van der Waals surface area (Å²) in [5.74, 6) is -0.214. The van der Waals surface area contributed by atoms with Gasteiger partial charge in [0, 0.05) is 32.0 Å². The summed E-state index contributed by atoms with van der Waals surface area (Å²) in [6.45, 7) is 3.54. The van der Waals surface area contributed by atoms with Crippen LogP contribution < -0.4 is 5.32 Å². The van der Waals surface area contributed by atoms with Crippen molar-refractivity contribution < 1.29 is 9.59 Å². The third-order valence-electron chi connectivity index (χ3n) is 5.71. The number of carbonyl (C=O) groups is 2. The minimum Gasteiger partial charge on any atom is -0.354 e. The van der Waals surface area contributed by atoms with Gasteiger partial charge in [0.2, 0.25) is 11.8 Å². The van der Waals surface area contributed by atoms with Crippen LogP contribution in [0.4, 0.5) is 0 Å². The van der Waals surface area contributed by atoms with Crippen LogP contribution in [-0.2, 0) is 22.4 Å². The molecule has 1 aromatic heterocycles. The van der Waals surface area contributed by atoms with Crippen molar-refractivity contribution in [1.29, 1.82) is 0 Å². The van der Waals surface area contributed by atoms with Crippen LogP contribution in [0.15, 0.2) is 73.1 Å². The number of rotatable bonds is 5. The number of amides is 2. The zero-order valence-electron chi connectivity index (χ0n) is 17.8. The molecular formula is C26H27N3O2. The quantitative estimate of drug-likeness (QED) is 0.697. The number of hydrogen-bond donors (Lipinski definition) is 1. The predicted octanol–water partition coefficient (Wildman–Crippen LogP) is 3.42. The molecule has 1 N–H and O–H groups in total. The highest BCUT2D eigenvalue weighted by atomic mass is 16.2. The van der Waals surface area contributed by atoms with Crippen LogP contribution in [0.25, 0.3) is 11.1 Å². The van der Waals surface area contributed by atoms with Gasteiger partial charge >= 0.3 is 0 Å². The average molecular weight is 414 g/mol. The van der Waals surface area contributed by atoms with Crippen LogP contribution in [0.1, 0.15) is 16.7 Å². The van der Waals surface area contributed by atoms with E-state index in [0.717, 1.165) is 16.7 Å². The second-order valence-electron chi connectivity index (χ2n) is 8.14. The van der Waals surface area contributed by atoms with E-state index in [1.807, 2.05) is 12.1 Å². The fourth-order valence-corrected chi connectivity index (χ4v) is 4.01. The van der Waals surface area contributed by atoms with Crippen LogP contribution in [0.5, 0.6) is 0 Å². The molecule has 5 heteroatoms. The molecule has 1 saturated heterocycles. The molecule has 5 nitrogen and oxygen atoms in total. The van der Waals surface area contributed by atoms with Crippen LogP contribution in [-0.4, -0.2) is 41.3 Å². The van der Waals surface area contributed by atoms with Crippen molar-refractivity contribution in [2.24, 2.45) is 5.92 Å². The number of pyridine rings is 1. The molecule has 1 atom stereocenters. The lowest BCUT2D eigenvalue weighted by atomic mass is 9.95. The molecule has 4 rings (SSSR count). The number of nitrogens with zero attached hydrogens (tertiary/aromatic N) is 2. The fraction of sp³-hybridized carbons (Fsp3) is 0.269. The van der Waals surface area contributed by atoms with E-state index in [-0.39, 0.29) is 17.7 Å². The highest BCUT2D eigenvalue weighted by Crippen LogP contribution is 2.22. The maximum absolute atomic E-state index is 12.8. The standard InChI is InChI=1S/C26H27N3O2/c1-19-4-2-6-23(14-19)22-9-7-20(8-10-22)15-24-18-29(13-12-28-26(24)31)25(30)16-21-5-3-11-27-17-21/h2-11,14,17,24H,12-13,15-16,18H2,1H3,(H,28,31). The fourth-order valence-electron chi connectivity index (χ4n) is 4.01. The average Bonchev–Trinajstić information content (AvgIpc) is 2.96. The van der Waals surface area contributed by atoms with Gasteiger partial charge in [0.15, 0.2) is 0 Å². The summed E-state index contributed by atoms with van der Waals surface area (Å²) in [7, 11) is 0. The highest BCUT2D eigenvalue weighted by molar-refractivity contribution is 5.83. The van der Waals surface area contributed by atoms with Gasteiger partial charge in [0.1, 0.15) is 0 Å². The van der Waals surface area contributed by atoms with Gasteiger partial charge in [-0.15, -0.1) is 0 Å². The van der Waals surface area contributed by atoms with Crippen molar-refractivity contribution in [2.45, 2.75) is 19.8 Å². The Labute approximate surface area is 183 Å². The Morgan fingerprint density at radius 1 is 1.06 bits per heavy atom. The number of aryl methyl sites for hydroxylation is 1. The van der Waals surface area contributed by atoms with E-state index in [1.54, 1.807) is 17.3 Å². The summed E-state index contributed by atoms with van der Waals surface area (Å²) in [6.07, 6.45) is 4.33. The van der Waals surface area contributed by atoms with E-state index in [2.05, 4.69) is 65.8 Å². The van der Waals surface area contributed by atoms with Crippen LogP contribution in [0.2, 0.25) is 0 Å². The lowest BCUT2D eigenvalue weighted by molar-refractivity contribution is -0.131. The molecular weight excluding hydrogens is 386 g/mol. The van der Waals surface area contributed by atoms with Crippen LogP contribution in [0, 0.1) is 12.8 Å². The summed E-state index contributed by atoms with van der Waals surface area (Å²) in [6, 6.07) is 20.5. The SMILES string of the molecule is Cc1cccc(-c2ccc(CC3CN(C(=O)Cc4cccnc4)CCNC3=O)cc2)c1. The Bertz CT molecular complexity index is 1050. The van der Waals surface area contributed by atoms with Crippen molar-refractivity contribution in [1.82, 2.24) is 15.2 Å². The maximum atomic E-state index is 12.8. The van der Waals surface area contributed by atoms with E-state index in [4.69, 9.17) is 0 Å². The molecule has 1 unspecified atom stereocenters. The zero-order valence-corrected chi connectivity index (χ0v) is 17.8. The van der Waals surface area contributed by atoms with Crippen molar-refractivity contribution in [3.8, 4) is 11.1 Å². The second-order valence-corrected chi connectivity index (χ2v) is 8.14. The molecule has 31 heavy (non-hydrogen) atoms. The molecule has 158 valence electrons. The lowest BCUT2D eigenvalue weighted by Crippen LogP contribution is -2.38. The molecule has 0 saturated carbocycles. The monoisotopic (exact) mass is 413 g/mol. The molecule has 2 amide bonds. The van der Waals surface area contributed by atoms with Gasteiger partial charge < -0.3 is 10.2 Å². The Morgan fingerprint density at radius 3 is 2.65 bits per heavy atom. The van der Waals surface area contributed by atoms with Gasteiger partial charge in [-0.1, -0.05) is 60.2 Å². The van der Waals surface area contributed by atoms with Gasteiger partial charge in [-0.2, -0.15) is 0 Å². The van der Waals surface area contributed by atoms with Gasteiger partial charge in [-0.05, 0) is 41.7 Å². The van der Waals surface area contributed by atoms with E-state index < -0.39 is 0 Å². The highest BCUT2D eigenvalue weighted by Gasteiger charge is 2.27. The third-order valence-corrected chi connectivity index (χ3v) is 5.71. The van der Waals surface area contributed by atoms with Crippen molar-refractivity contribution in [3.63, 3.8) is 0 Å². The van der Waals surface area contributed by atoms with E-state index in [9.17, 15) is 9.59 Å². The normalized spacial score (nSPS) is 16.5. The third kappa shape index (κ3) is 5.37. The zero-order chi connectivity index (χ0) is 21.6. The number of aromatic nitrogens is 1. The molecule has 2 aromatic carbocycles. The van der Waals surface area contributed by atoms with Crippen molar-refractivity contribution >= 4 is 11.8 Å². The van der Waals surface area contributed by atoms with Crippen LogP contribution in [0.3, 0.4) is 0 Å². The predicted molar refractivity (Wildman–Crippen MR) is 121 cm³/mol. The summed E-state index contributed by atoms with van der Waals surface area (Å²) in [4.78, 5) is 31.3. The lowest BCUT2D eigenvalue weighted by Gasteiger charge is -2.23. The van der Waals surface area contributed by atoms with E-state index >= 15 is 0 Å². The first-order chi connectivity index (χ1) is 15.1. The first-order valence-corrected chi connectivity index (χ1v) is 10.7. The van der Waals surface area contributed by atoms with Gasteiger partial charge in [-0.25, -0.2) is 0 Å². The Hall–Kier alpha value is -3.47. The van der Waals surface area contributed by atoms with Gasteiger partial charge in [-0.3, -0.25) is 14.6 Å². The Kier molecular flexibility index (Phi) is 6.41. The molecule has 0 bridgehead atoms. The molecule has 1 aliphatic rings. The number of benzene rings is 2. The summed E-state index contributed by atoms with van der Waals surface area (Å²) in [5, 5.41) is 2.96. The number of hydrogen-bond acceptors (Lipinski definition) is 3. The number of nitrogens with one attached hydrogen (secondary N) is 1. The van der Waals surface area contributed by atoms with Crippen molar-refractivity contribution in [2.75, 3.05) is 19.6 Å². The minimum absolute atomic E-state index is 0.0134.